The van der Waals surface area contributed by atoms with Crippen LogP contribution >= 0.6 is 23.7 Å². The van der Waals surface area contributed by atoms with Crippen LogP contribution < -0.4 is 4.90 Å². The number of rotatable bonds is 9. The van der Waals surface area contributed by atoms with Crippen molar-refractivity contribution in [3.8, 4) is 0 Å². The second-order valence-corrected chi connectivity index (χ2v) is 12.1. The van der Waals surface area contributed by atoms with Crippen molar-refractivity contribution in [3.05, 3.63) is 53.8 Å². The van der Waals surface area contributed by atoms with Gasteiger partial charge in [0.15, 0.2) is 5.13 Å². The van der Waals surface area contributed by atoms with Crippen molar-refractivity contribution >= 4 is 55.0 Å². The summed E-state index contributed by atoms with van der Waals surface area (Å²) < 4.78 is 42.8. The van der Waals surface area contributed by atoms with Crippen LogP contribution in [-0.2, 0) is 10.0 Å². The number of thiazole rings is 1. The number of hydrogen-bond acceptors (Lipinski definition) is 6. The lowest BCUT2D eigenvalue weighted by Gasteiger charge is -2.30. The number of piperidine rings is 1. The van der Waals surface area contributed by atoms with Gasteiger partial charge >= 0.3 is 0 Å². The molecule has 1 aromatic heterocycles. The fraction of sp³-hybridized carbons (Fsp3) is 0.462. The number of anilines is 1. The maximum atomic E-state index is 14.3. The average Bonchev–Trinajstić information content (AvgIpc) is 3.32. The number of carbonyl (C=O) groups is 1. The zero-order chi connectivity index (χ0) is 25.9. The number of amides is 1. The summed E-state index contributed by atoms with van der Waals surface area (Å²) in [5.41, 5.74) is 0.607. The van der Waals surface area contributed by atoms with Crippen molar-refractivity contribution in [1.82, 2.24) is 14.2 Å². The molecule has 0 saturated carbocycles. The number of sulfonamides is 1. The van der Waals surface area contributed by atoms with Crippen LogP contribution in [0.1, 0.15) is 44.0 Å². The Morgan fingerprint density at radius 1 is 1.14 bits per heavy atom. The van der Waals surface area contributed by atoms with Crippen molar-refractivity contribution in [1.29, 1.82) is 0 Å². The predicted molar refractivity (Wildman–Crippen MR) is 150 cm³/mol. The summed E-state index contributed by atoms with van der Waals surface area (Å²) in [6, 6.07) is 10.9. The maximum absolute atomic E-state index is 14.3. The van der Waals surface area contributed by atoms with Crippen LogP contribution in [0.4, 0.5) is 9.52 Å². The molecule has 3 aromatic rings. The Bertz CT molecular complexity index is 1310. The number of carbonyl (C=O) groups excluding carboxylic acids is 1. The summed E-state index contributed by atoms with van der Waals surface area (Å²) in [5, 5.41) is 0.422. The van der Waals surface area contributed by atoms with Gasteiger partial charge in [-0.15, -0.1) is 12.4 Å². The molecule has 202 valence electrons. The maximum Gasteiger partial charge on any atom is 0.260 e. The van der Waals surface area contributed by atoms with E-state index in [0.717, 1.165) is 25.9 Å². The minimum atomic E-state index is -3.61. The van der Waals surface area contributed by atoms with E-state index < -0.39 is 15.8 Å². The molecule has 1 unspecified atom stereocenters. The van der Waals surface area contributed by atoms with E-state index >= 15 is 0 Å². The molecule has 1 saturated heterocycles. The largest absolute Gasteiger partial charge is 0.302 e. The third-order valence-electron chi connectivity index (χ3n) is 6.73. The highest BCUT2D eigenvalue weighted by molar-refractivity contribution is 7.89. The number of nitrogens with zero attached hydrogens (tertiary/aromatic N) is 4. The predicted octanol–water partition coefficient (Wildman–Crippen LogP) is 5.27. The lowest BCUT2D eigenvalue weighted by atomic mass is 10.0. The Morgan fingerprint density at radius 2 is 1.84 bits per heavy atom. The van der Waals surface area contributed by atoms with Crippen molar-refractivity contribution < 1.29 is 17.6 Å². The molecule has 1 aliphatic rings. The number of benzene rings is 2. The molecule has 37 heavy (non-hydrogen) atoms. The van der Waals surface area contributed by atoms with Crippen LogP contribution in [0.25, 0.3) is 10.2 Å². The van der Waals surface area contributed by atoms with Gasteiger partial charge < -0.3 is 4.90 Å². The lowest BCUT2D eigenvalue weighted by molar-refractivity contribution is 0.0983. The summed E-state index contributed by atoms with van der Waals surface area (Å²) in [6.07, 6.45) is 1.87. The topological polar surface area (TPSA) is 73.8 Å². The van der Waals surface area contributed by atoms with Crippen LogP contribution in [0.3, 0.4) is 0 Å². The van der Waals surface area contributed by atoms with Crippen LogP contribution in [-0.4, -0.2) is 67.8 Å². The first-order valence-corrected chi connectivity index (χ1v) is 14.7. The van der Waals surface area contributed by atoms with E-state index in [4.69, 9.17) is 0 Å². The van der Waals surface area contributed by atoms with Gasteiger partial charge in [0.1, 0.15) is 11.3 Å². The van der Waals surface area contributed by atoms with Crippen molar-refractivity contribution in [3.63, 3.8) is 0 Å². The smallest absolute Gasteiger partial charge is 0.260 e. The number of para-hydroxylation sites is 1. The van der Waals surface area contributed by atoms with Gasteiger partial charge in [-0.2, -0.15) is 4.31 Å². The van der Waals surface area contributed by atoms with E-state index in [0.29, 0.717) is 47.5 Å². The molecule has 2 aromatic carbocycles. The highest BCUT2D eigenvalue weighted by Crippen LogP contribution is 2.31. The molecule has 0 spiro atoms. The molecular weight excluding hydrogens is 535 g/mol. The van der Waals surface area contributed by atoms with E-state index in [9.17, 15) is 17.6 Å². The second-order valence-electron chi connectivity index (χ2n) is 9.20. The van der Waals surface area contributed by atoms with E-state index in [1.807, 2.05) is 0 Å². The molecule has 7 nitrogen and oxygen atoms in total. The fourth-order valence-electron chi connectivity index (χ4n) is 4.52. The standard InChI is InChI=1S/C26H33FN4O3S2.ClH/c1-4-29(5-2)16-17-31(26-28-24-22(27)9-6-10-23(24)35-26)25(32)20-11-13-21(14-12-20)36(33,34)30-15-7-8-19(3)18-30;/h6,9-14,19H,4-5,7-8,15-18H2,1-3H3;1H. The molecule has 2 heterocycles. The Kier molecular flexibility index (Phi) is 10.0. The number of fused-ring (bicyclic) bond motifs is 1. The summed E-state index contributed by atoms with van der Waals surface area (Å²) >= 11 is 1.27. The zero-order valence-electron chi connectivity index (χ0n) is 21.4. The van der Waals surface area contributed by atoms with Crippen LogP contribution in [0.2, 0.25) is 0 Å². The first-order valence-electron chi connectivity index (χ1n) is 12.4. The monoisotopic (exact) mass is 568 g/mol. The molecule has 4 rings (SSSR count). The molecule has 0 N–H and O–H groups in total. The van der Waals surface area contributed by atoms with Gasteiger partial charge in [0.05, 0.1) is 9.60 Å². The zero-order valence-corrected chi connectivity index (χ0v) is 23.8. The minimum absolute atomic E-state index is 0. The number of likely N-dealkylation sites (N-methyl/N-ethyl adjacent to an activating group) is 1. The number of halogens is 2. The normalized spacial score (nSPS) is 16.6. The molecular formula is C26H34ClFN4O3S2. The van der Waals surface area contributed by atoms with Crippen molar-refractivity contribution in [2.24, 2.45) is 5.92 Å². The average molecular weight is 569 g/mol. The fourth-order valence-corrected chi connectivity index (χ4v) is 7.13. The lowest BCUT2D eigenvalue weighted by Crippen LogP contribution is -2.39. The van der Waals surface area contributed by atoms with E-state index in [2.05, 4.69) is 30.7 Å². The van der Waals surface area contributed by atoms with Crippen LogP contribution in [0.5, 0.6) is 0 Å². The first kappa shape index (κ1) is 29.4. The molecule has 11 heteroatoms. The summed E-state index contributed by atoms with van der Waals surface area (Å²) in [5.74, 6) is -0.391. The number of hydrogen-bond donors (Lipinski definition) is 0. The molecule has 1 aliphatic heterocycles. The van der Waals surface area contributed by atoms with Gasteiger partial charge in [0.2, 0.25) is 10.0 Å². The van der Waals surface area contributed by atoms with Gasteiger partial charge in [0.25, 0.3) is 5.91 Å². The van der Waals surface area contributed by atoms with Gasteiger partial charge in [0, 0.05) is 31.7 Å². The van der Waals surface area contributed by atoms with E-state index in [-0.39, 0.29) is 28.7 Å². The van der Waals surface area contributed by atoms with Gasteiger partial charge in [-0.3, -0.25) is 9.69 Å². The molecule has 0 bridgehead atoms. The molecule has 1 atom stereocenters. The second kappa shape index (κ2) is 12.6. The SMILES string of the molecule is CCN(CC)CCN(C(=O)c1ccc(S(=O)(=O)N2CCCC(C)C2)cc1)c1nc2c(F)cccc2s1.Cl. The highest BCUT2D eigenvalue weighted by Gasteiger charge is 2.29. The summed E-state index contributed by atoms with van der Waals surface area (Å²) in [7, 11) is -3.61. The highest BCUT2D eigenvalue weighted by atomic mass is 35.5. The molecule has 1 amide bonds. The Balaban J connectivity index is 0.00000380. The van der Waals surface area contributed by atoms with Gasteiger partial charge in [-0.1, -0.05) is 38.2 Å². The van der Waals surface area contributed by atoms with Crippen molar-refractivity contribution in [2.75, 3.05) is 44.2 Å². The van der Waals surface area contributed by atoms with E-state index in [1.54, 1.807) is 29.2 Å². The van der Waals surface area contributed by atoms with Gasteiger partial charge in [-0.05, 0) is 68.2 Å². The molecule has 0 aliphatic carbocycles. The number of aromatic nitrogens is 1. The summed E-state index contributed by atoms with van der Waals surface area (Å²) in [6.45, 7) is 9.91. The third-order valence-corrected chi connectivity index (χ3v) is 9.65. The first-order chi connectivity index (χ1) is 17.2. The quantitative estimate of drug-likeness (QED) is 0.352. The Hall–Kier alpha value is -2.11. The third kappa shape index (κ3) is 6.49. The van der Waals surface area contributed by atoms with Crippen LogP contribution in [0.15, 0.2) is 47.4 Å². The Morgan fingerprint density at radius 3 is 2.46 bits per heavy atom. The van der Waals surface area contributed by atoms with Crippen molar-refractivity contribution in [2.45, 2.75) is 38.5 Å². The van der Waals surface area contributed by atoms with Crippen LogP contribution in [0, 0.1) is 11.7 Å². The molecule has 1 fully saturated rings. The summed E-state index contributed by atoms with van der Waals surface area (Å²) in [4.78, 5) is 22.0. The minimum Gasteiger partial charge on any atom is -0.302 e. The Labute approximate surface area is 228 Å². The van der Waals surface area contributed by atoms with E-state index in [1.165, 1.54) is 33.8 Å². The van der Waals surface area contributed by atoms with Gasteiger partial charge in [-0.25, -0.2) is 17.8 Å². The molecule has 0 radical (unpaired) electrons.